The Balaban J connectivity index is 1.26. The number of fused-ring (bicyclic) bond motifs is 2. The Morgan fingerprint density at radius 1 is 1.28 bits per heavy atom. The molecule has 156 valence electrons. The molecule has 0 bridgehead atoms. The number of morpholine rings is 1. The Labute approximate surface area is 176 Å². The minimum absolute atomic E-state index is 0.243. The SMILES string of the molecule is O=C(NCc1ccc2sccc2c1)[C@@]12CC[C@@H](N3CCOCC3)C[C@H]1CCNC2. The summed E-state index contributed by atoms with van der Waals surface area (Å²) in [6.07, 6.45) is 4.36. The Bertz CT molecular complexity index is 863. The zero-order valence-corrected chi connectivity index (χ0v) is 17.8. The number of amides is 1. The summed E-state index contributed by atoms with van der Waals surface area (Å²) in [6.45, 7) is 6.25. The number of carbonyl (C=O) groups excluding carboxylic acids is 1. The molecule has 1 aromatic carbocycles. The van der Waals surface area contributed by atoms with E-state index in [9.17, 15) is 4.79 Å². The molecule has 1 amide bonds. The van der Waals surface area contributed by atoms with Crippen LogP contribution >= 0.6 is 11.3 Å². The number of thiophene rings is 1. The monoisotopic (exact) mass is 413 g/mol. The van der Waals surface area contributed by atoms with Crippen LogP contribution in [-0.2, 0) is 16.1 Å². The average molecular weight is 414 g/mol. The van der Waals surface area contributed by atoms with Gasteiger partial charge < -0.3 is 15.4 Å². The Hall–Kier alpha value is -1.47. The Morgan fingerprint density at radius 3 is 3.07 bits per heavy atom. The third-order valence-corrected chi connectivity index (χ3v) is 8.25. The molecular weight excluding hydrogens is 382 g/mol. The highest BCUT2D eigenvalue weighted by atomic mass is 32.1. The van der Waals surface area contributed by atoms with Gasteiger partial charge in [0.2, 0.25) is 5.91 Å². The molecule has 3 heterocycles. The van der Waals surface area contributed by atoms with E-state index in [0.717, 1.165) is 65.1 Å². The van der Waals surface area contributed by atoms with Crippen molar-refractivity contribution in [3.8, 4) is 0 Å². The van der Waals surface area contributed by atoms with Crippen LogP contribution in [0.4, 0.5) is 0 Å². The number of carbonyl (C=O) groups is 1. The van der Waals surface area contributed by atoms with Gasteiger partial charge in [0.15, 0.2) is 0 Å². The molecule has 6 heteroatoms. The highest BCUT2D eigenvalue weighted by molar-refractivity contribution is 7.17. The van der Waals surface area contributed by atoms with Crippen LogP contribution in [0.25, 0.3) is 10.1 Å². The molecule has 2 saturated heterocycles. The number of nitrogens with zero attached hydrogens (tertiary/aromatic N) is 1. The standard InChI is InChI=1S/C23H31N3O2S/c27-22(25-15-17-1-2-21-18(13-17)5-12-29-21)23-6-3-20(26-8-10-28-11-9-26)14-19(23)4-7-24-16-23/h1-2,5,12-13,19-20,24H,3-4,6-11,14-16H2,(H,25,27)/t19-,20-,23-/m1/s1. The van der Waals surface area contributed by atoms with E-state index < -0.39 is 0 Å². The lowest BCUT2D eigenvalue weighted by Gasteiger charge is -2.50. The van der Waals surface area contributed by atoms with Crippen LogP contribution in [0.5, 0.6) is 0 Å². The topological polar surface area (TPSA) is 53.6 Å². The van der Waals surface area contributed by atoms with Crippen molar-refractivity contribution in [2.75, 3.05) is 39.4 Å². The molecular formula is C23H31N3O2S. The second-order valence-electron chi connectivity index (χ2n) is 8.87. The fraction of sp³-hybridized carbons (Fsp3) is 0.609. The van der Waals surface area contributed by atoms with Crippen molar-refractivity contribution in [2.45, 2.75) is 38.3 Å². The summed E-state index contributed by atoms with van der Waals surface area (Å²) in [5.74, 6) is 0.727. The molecule has 29 heavy (non-hydrogen) atoms. The van der Waals surface area contributed by atoms with Crippen molar-refractivity contribution in [2.24, 2.45) is 11.3 Å². The zero-order chi connectivity index (χ0) is 19.7. The van der Waals surface area contributed by atoms with E-state index >= 15 is 0 Å². The average Bonchev–Trinajstić information content (AvgIpc) is 3.25. The molecule has 1 aliphatic carbocycles. The lowest BCUT2D eigenvalue weighted by atomic mass is 9.61. The summed E-state index contributed by atoms with van der Waals surface area (Å²) >= 11 is 1.76. The molecule has 0 unspecified atom stereocenters. The number of piperidine rings is 1. The van der Waals surface area contributed by atoms with Crippen LogP contribution in [0.2, 0.25) is 0 Å². The highest BCUT2D eigenvalue weighted by Crippen LogP contribution is 2.46. The number of rotatable bonds is 4. The van der Waals surface area contributed by atoms with E-state index in [1.807, 2.05) is 0 Å². The molecule has 5 nitrogen and oxygen atoms in total. The maximum Gasteiger partial charge on any atom is 0.228 e. The van der Waals surface area contributed by atoms with E-state index in [1.165, 1.54) is 15.6 Å². The lowest BCUT2D eigenvalue weighted by molar-refractivity contribution is -0.140. The van der Waals surface area contributed by atoms with Gasteiger partial charge >= 0.3 is 0 Å². The molecule has 3 atom stereocenters. The van der Waals surface area contributed by atoms with Gasteiger partial charge in [0, 0.05) is 36.9 Å². The third kappa shape index (κ3) is 3.83. The van der Waals surface area contributed by atoms with Crippen LogP contribution in [0, 0.1) is 11.3 Å². The molecule has 0 radical (unpaired) electrons. The molecule has 0 spiro atoms. The fourth-order valence-corrected chi connectivity index (χ4v) is 6.42. The first-order valence-corrected chi connectivity index (χ1v) is 11.9. The van der Waals surface area contributed by atoms with Crippen molar-refractivity contribution in [1.82, 2.24) is 15.5 Å². The second-order valence-corrected chi connectivity index (χ2v) is 9.82. The number of ether oxygens (including phenoxy) is 1. The lowest BCUT2D eigenvalue weighted by Crippen LogP contribution is -2.60. The minimum atomic E-state index is -0.243. The quantitative estimate of drug-likeness (QED) is 0.809. The van der Waals surface area contributed by atoms with Crippen LogP contribution in [0.1, 0.15) is 31.2 Å². The summed E-state index contributed by atoms with van der Waals surface area (Å²) in [4.78, 5) is 16.0. The van der Waals surface area contributed by atoms with Gasteiger partial charge in [0.05, 0.1) is 18.6 Å². The molecule has 5 rings (SSSR count). The number of hydrogen-bond donors (Lipinski definition) is 2. The summed E-state index contributed by atoms with van der Waals surface area (Å²) in [6, 6.07) is 9.28. The summed E-state index contributed by atoms with van der Waals surface area (Å²) in [7, 11) is 0. The van der Waals surface area contributed by atoms with Crippen molar-refractivity contribution in [3.63, 3.8) is 0 Å². The Morgan fingerprint density at radius 2 is 2.17 bits per heavy atom. The summed E-state index contributed by atoms with van der Waals surface area (Å²) < 4.78 is 6.84. The maximum absolute atomic E-state index is 13.4. The van der Waals surface area contributed by atoms with Gasteiger partial charge in [0.1, 0.15) is 0 Å². The molecule has 3 aliphatic rings. The van der Waals surface area contributed by atoms with Gasteiger partial charge in [-0.25, -0.2) is 0 Å². The van der Waals surface area contributed by atoms with E-state index in [-0.39, 0.29) is 11.3 Å². The summed E-state index contributed by atoms with van der Waals surface area (Å²) in [5, 5.41) is 10.2. The van der Waals surface area contributed by atoms with Gasteiger partial charge in [0.25, 0.3) is 0 Å². The number of hydrogen-bond acceptors (Lipinski definition) is 5. The zero-order valence-electron chi connectivity index (χ0n) is 17.0. The first kappa shape index (κ1) is 19.5. The van der Waals surface area contributed by atoms with Crippen molar-refractivity contribution >= 4 is 27.3 Å². The summed E-state index contributed by atoms with van der Waals surface area (Å²) in [5.41, 5.74) is 0.941. The van der Waals surface area contributed by atoms with E-state index in [4.69, 9.17) is 4.74 Å². The van der Waals surface area contributed by atoms with E-state index in [0.29, 0.717) is 18.5 Å². The first-order valence-electron chi connectivity index (χ1n) is 11.0. The van der Waals surface area contributed by atoms with Crippen molar-refractivity contribution < 1.29 is 9.53 Å². The minimum Gasteiger partial charge on any atom is -0.379 e. The molecule has 1 aromatic heterocycles. The van der Waals surface area contributed by atoms with Gasteiger partial charge in [-0.05, 0) is 72.7 Å². The molecule has 1 saturated carbocycles. The molecule has 3 fully saturated rings. The fourth-order valence-electron chi connectivity index (χ4n) is 5.65. The van der Waals surface area contributed by atoms with Crippen LogP contribution in [0.3, 0.4) is 0 Å². The van der Waals surface area contributed by atoms with Crippen LogP contribution in [-0.4, -0.2) is 56.2 Å². The van der Waals surface area contributed by atoms with Gasteiger partial charge in [-0.15, -0.1) is 11.3 Å². The first-order chi connectivity index (χ1) is 14.2. The van der Waals surface area contributed by atoms with Crippen LogP contribution < -0.4 is 10.6 Å². The van der Waals surface area contributed by atoms with Crippen molar-refractivity contribution in [1.29, 1.82) is 0 Å². The maximum atomic E-state index is 13.4. The predicted molar refractivity (Wildman–Crippen MR) is 117 cm³/mol. The molecule has 2 N–H and O–H groups in total. The van der Waals surface area contributed by atoms with E-state index in [2.05, 4.69) is 45.2 Å². The predicted octanol–water partition coefficient (Wildman–Crippen LogP) is 3.00. The van der Waals surface area contributed by atoms with Gasteiger partial charge in [-0.2, -0.15) is 0 Å². The smallest absolute Gasteiger partial charge is 0.228 e. The number of nitrogens with one attached hydrogen (secondary N) is 2. The molecule has 2 aromatic rings. The Kier molecular flexibility index (Phi) is 5.61. The second kappa shape index (κ2) is 8.34. The van der Waals surface area contributed by atoms with Gasteiger partial charge in [-0.3, -0.25) is 9.69 Å². The van der Waals surface area contributed by atoms with Crippen molar-refractivity contribution in [3.05, 3.63) is 35.2 Å². The normalized spacial score (nSPS) is 30.8. The van der Waals surface area contributed by atoms with Crippen LogP contribution in [0.15, 0.2) is 29.6 Å². The molecule has 2 aliphatic heterocycles. The van der Waals surface area contributed by atoms with Gasteiger partial charge in [-0.1, -0.05) is 6.07 Å². The third-order valence-electron chi connectivity index (χ3n) is 7.36. The largest absolute Gasteiger partial charge is 0.379 e. The number of benzene rings is 1. The van der Waals surface area contributed by atoms with E-state index in [1.54, 1.807) is 11.3 Å². The highest BCUT2D eigenvalue weighted by Gasteiger charge is 2.50.